The van der Waals surface area contributed by atoms with Crippen LogP contribution in [0.5, 0.6) is 0 Å². The number of Topliss-reactive ketones (excluding diaryl/α,β-unsaturated/α-hetero) is 1. The molecule has 3 aromatic rings. The lowest BCUT2D eigenvalue weighted by Gasteiger charge is -2.28. The Bertz CT molecular complexity index is 1310. The van der Waals surface area contributed by atoms with Gasteiger partial charge in [-0.05, 0) is 79.9 Å². The number of hydrogen-bond donors (Lipinski definition) is 2. The number of benzene rings is 1. The van der Waals surface area contributed by atoms with Gasteiger partial charge in [-0.15, -0.1) is 8.19 Å². The molecule has 2 atom stereocenters. The summed E-state index contributed by atoms with van der Waals surface area (Å²) < 4.78 is 0. The van der Waals surface area contributed by atoms with Gasteiger partial charge in [-0.2, -0.15) is 0 Å². The van der Waals surface area contributed by atoms with Crippen LogP contribution in [0.2, 0.25) is 0 Å². The molecule has 1 fully saturated rings. The Balaban J connectivity index is 0.00000164. The van der Waals surface area contributed by atoms with Crippen LogP contribution in [0.15, 0.2) is 83.8 Å². The van der Waals surface area contributed by atoms with Crippen molar-refractivity contribution in [2.24, 2.45) is 0 Å². The number of rotatable bonds is 11. The van der Waals surface area contributed by atoms with E-state index < -0.39 is 0 Å². The topological polar surface area (TPSA) is 44.9 Å². The van der Waals surface area contributed by atoms with Crippen LogP contribution in [-0.2, 0) is 17.6 Å². The van der Waals surface area contributed by atoms with E-state index in [0.717, 1.165) is 53.1 Å². The molecule has 38 heavy (non-hydrogen) atoms. The summed E-state index contributed by atoms with van der Waals surface area (Å²) in [6.45, 7) is 6.09. The zero-order chi connectivity index (χ0) is 26.7. The molecular weight excluding hydrogens is 483 g/mol. The molecule has 1 aromatic carbocycles. The van der Waals surface area contributed by atoms with Crippen molar-refractivity contribution in [2.75, 3.05) is 0 Å². The van der Waals surface area contributed by atoms with Crippen LogP contribution < -0.4 is 5.32 Å². The Hall–Kier alpha value is -3.03. The van der Waals surface area contributed by atoms with Gasteiger partial charge in [0.2, 0.25) is 0 Å². The third kappa shape index (κ3) is 6.88. The van der Waals surface area contributed by atoms with Crippen molar-refractivity contribution in [2.45, 2.75) is 84.6 Å². The van der Waals surface area contributed by atoms with Gasteiger partial charge in [0, 0.05) is 22.9 Å². The molecule has 0 bridgehead atoms. The Morgan fingerprint density at radius 2 is 1.89 bits per heavy atom. The Labute approximate surface area is 230 Å². The van der Waals surface area contributed by atoms with Gasteiger partial charge in [0.1, 0.15) is 0 Å². The molecule has 0 radical (unpaired) electrons. The van der Waals surface area contributed by atoms with E-state index in [9.17, 15) is 4.79 Å². The summed E-state index contributed by atoms with van der Waals surface area (Å²) in [6, 6.07) is 12.5. The molecule has 0 saturated heterocycles. The number of H-pyrrole nitrogens is 1. The van der Waals surface area contributed by atoms with Gasteiger partial charge in [-0.25, -0.2) is 0 Å². The smallest absolute Gasteiger partial charge is 0.155 e. The van der Waals surface area contributed by atoms with E-state index in [1.807, 2.05) is 19.9 Å². The number of aromatic nitrogens is 1. The Morgan fingerprint density at radius 1 is 1.08 bits per heavy atom. The average Bonchev–Trinajstić information content (AvgIpc) is 3.39. The van der Waals surface area contributed by atoms with Gasteiger partial charge in [0.15, 0.2) is 5.78 Å². The summed E-state index contributed by atoms with van der Waals surface area (Å²) in [6.07, 6.45) is 19.8. The molecule has 2 heterocycles. The van der Waals surface area contributed by atoms with Crippen LogP contribution in [0.1, 0.15) is 82.5 Å². The molecule has 0 aliphatic heterocycles. The van der Waals surface area contributed by atoms with Crippen LogP contribution >= 0.6 is 8.19 Å². The van der Waals surface area contributed by atoms with E-state index >= 15 is 0 Å². The van der Waals surface area contributed by atoms with Crippen molar-refractivity contribution in [1.29, 1.82) is 0 Å². The zero-order valence-corrected chi connectivity index (χ0v) is 24.3. The van der Waals surface area contributed by atoms with Gasteiger partial charge in [0.05, 0.1) is 11.6 Å². The monoisotopic (exact) mass is 526 g/mol. The van der Waals surface area contributed by atoms with Crippen molar-refractivity contribution in [3.8, 4) is 0 Å². The fourth-order valence-corrected chi connectivity index (χ4v) is 6.44. The maximum atomic E-state index is 13.2. The van der Waals surface area contributed by atoms with E-state index in [4.69, 9.17) is 0 Å². The SMILES string of the molecule is CC.CCCC(=O)C(Cc1ccccc1)NC(CCc1c(C2=CCC=CC=C2)[nH]c2cc[pH]c12)=C1CCC1. The predicted molar refractivity (Wildman–Crippen MR) is 166 cm³/mol. The zero-order valence-electron chi connectivity index (χ0n) is 23.3. The van der Waals surface area contributed by atoms with Crippen LogP contribution in [0.4, 0.5) is 0 Å². The first-order valence-electron chi connectivity index (χ1n) is 14.5. The average molecular weight is 527 g/mol. The van der Waals surface area contributed by atoms with Crippen LogP contribution in [0, 0.1) is 0 Å². The van der Waals surface area contributed by atoms with Gasteiger partial charge >= 0.3 is 0 Å². The maximum absolute atomic E-state index is 13.2. The van der Waals surface area contributed by atoms with E-state index in [0.29, 0.717) is 12.2 Å². The molecule has 1 saturated carbocycles. The summed E-state index contributed by atoms with van der Waals surface area (Å²) >= 11 is 0. The van der Waals surface area contributed by atoms with E-state index in [2.05, 4.69) is 83.7 Å². The second kappa shape index (κ2) is 14.2. The molecule has 200 valence electrons. The van der Waals surface area contributed by atoms with Crippen molar-refractivity contribution in [1.82, 2.24) is 10.3 Å². The summed E-state index contributed by atoms with van der Waals surface area (Å²) in [5, 5.41) is 5.27. The lowest BCUT2D eigenvalue weighted by atomic mass is 9.87. The summed E-state index contributed by atoms with van der Waals surface area (Å²) in [5.74, 6) is 2.62. The van der Waals surface area contributed by atoms with Crippen LogP contribution in [-0.4, -0.2) is 16.8 Å². The molecule has 2 aromatic heterocycles. The molecular formula is C34H43N2OP. The number of hydrogen-bond acceptors (Lipinski definition) is 2. The fraction of sp³-hybridized carbons (Fsp3) is 0.382. The third-order valence-corrected chi connectivity index (χ3v) is 8.61. The molecule has 2 aliphatic carbocycles. The van der Waals surface area contributed by atoms with Gasteiger partial charge in [-0.1, -0.05) is 87.1 Å². The number of carbonyl (C=O) groups is 1. The summed E-state index contributed by atoms with van der Waals surface area (Å²) in [5.41, 5.74) is 9.33. The predicted octanol–water partition coefficient (Wildman–Crippen LogP) is 9.07. The van der Waals surface area contributed by atoms with Crippen molar-refractivity contribution in [3.63, 3.8) is 0 Å². The van der Waals surface area contributed by atoms with Crippen LogP contribution in [0.3, 0.4) is 0 Å². The lowest BCUT2D eigenvalue weighted by molar-refractivity contribution is -0.120. The molecule has 2 unspecified atom stereocenters. The van der Waals surface area contributed by atoms with Gasteiger partial charge in [0.25, 0.3) is 0 Å². The standard InChI is InChI=1S/C32H37N2OP.C2H6/c1-2-11-30(35)29(22-23-12-6-5-7-13-23)33-27(24-16-10-17-24)19-18-26-31(25-14-8-3-4-9-15-25)34-28-20-21-36-32(26)28;1-2/h3-8,12-15,20-21,29,33-34,36H,2,9-11,16-19,22H2,1H3;1-2H3. The number of aromatic amines is 1. The highest BCUT2D eigenvalue weighted by Gasteiger charge is 2.23. The number of fused-ring (bicyclic) bond motifs is 1. The largest absolute Gasteiger partial charge is 0.378 e. The number of allylic oxidation sites excluding steroid dienone is 8. The maximum Gasteiger partial charge on any atom is 0.155 e. The minimum Gasteiger partial charge on any atom is -0.378 e. The highest BCUT2D eigenvalue weighted by atomic mass is 31.0. The molecule has 2 N–H and O–H groups in total. The van der Waals surface area contributed by atoms with Crippen molar-refractivity contribution >= 4 is 30.2 Å². The lowest BCUT2D eigenvalue weighted by Crippen LogP contribution is -2.39. The molecule has 2 aliphatic rings. The fourth-order valence-electron chi connectivity index (χ4n) is 5.30. The highest BCUT2D eigenvalue weighted by molar-refractivity contribution is 7.36. The quantitative estimate of drug-likeness (QED) is 0.262. The number of nitrogens with one attached hydrogen (secondary N) is 2. The third-order valence-electron chi connectivity index (χ3n) is 7.42. The normalized spacial score (nSPS) is 15.4. The minimum atomic E-state index is -0.158. The minimum absolute atomic E-state index is 0.158. The van der Waals surface area contributed by atoms with Crippen molar-refractivity contribution in [3.05, 3.63) is 101 Å². The van der Waals surface area contributed by atoms with Crippen LogP contribution in [0.25, 0.3) is 16.2 Å². The van der Waals surface area contributed by atoms with Gasteiger partial charge in [-0.3, -0.25) is 4.79 Å². The Morgan fingerprint density at radius 3 is 2.63 bits per heavy atom. The second-order valence-electron chi connectivity index (χ2n) is 9.97. The molecule has 3 nitrogen and oxygen atoms in total. The number of aryl methyl sites for hydroxylation is 1. The molecule has 5 rings (SSSR count). The first-order valence-corrected chi connectivity index (χ1v) is 15.6. The molecule has 4 heteroatoms. The molecule has 0 spiro atoms. The van der Waals surface area contributed by atoms with E-state index in [1.54, 1.807) is 0 Å². The number of carbonyl (C=O) groups excluding carboxylic acids is 1. The molecule has 0 amide bonds. The van der Waals surface area contributed by atoms with E-state index in [-0.39, 0.29) is 6.04 Å². The summed E-state index contributed by atoms with van der Waals surface area (Å²) in [7, 11) is 0.728. The van der Waals surface area contributed by atoms with Crippen molar-refractivity contribution < 1.29 is 4.79 Å². The second-order valence-corrected chi connectivity index (χ2v) is 11.1. The van der Waals surface area contributed by atoms with E-state index in [1.165, 1.54) is 50.7 Å². The summed E-state index contributed by atoms with van der Waals surface area (Å²) in [4.78, 5) is 16.9. The first kappa shape index (κ1) is 28.0. The first-order chi connectivity index (χ1) is 18.7. The van der Waals surface area contributed by atoms with Gasteiger partial charge < -0.3 is 10.3 Å². The Kier molecular flexibility index (Phi) is 10.5. The highest BCUT2D eigenvalue weighted by Crippen LogP contribution is 2.37. The number of ketones is 1.